The van der Waals surface area contributed by atoms with Crippen molar-refractivity contribution >= 4 is 29.8 Å². The predicted octanol–water partition coefficient (Wildman–Crippen LogP) is 1.30. The second-order valence-electron chi connectivity index (χ2n) is 4.20. The minimum atomic E-state index is -3.82. The molecule has 5 nitrogen and oxygen atoms in total. The van der Waals surface area contributed by atoms with Gasteiger partial charge in [-0.05, 0) is 43.0 Å². The van der Waals surface area contributed by atoms with Crippen LogP contribution in [0.1, 0.15) is 12.8 Å². The third-order valence-electron chi connectivity index (χ3n) is 2.67. The maximum atomic E-state index is 11.8. The topological polar surface area (TPSA) is 80.3 Å². The van der Waals surface area contributed by atoms with Crippen molar-refractivity contribution in [3.63, 3.8) is 0 Å². The number of halogens is 1. The molecule has 2 rings (SSSR count). The van der Waals surface area contributed by atoms with Gasteiger partial charge in [-0.25, -0.2) is 21.6 Å². The molecule has 1 aromatic carbocycles. The Bertz CT molecular complexity index is 633. The normalized spacial score (nSPS) is 16.7. The highest BCUT2D eigenvalue weighted by atomic mass is 35.7. The van der Waals surface area contributed by atoms with Gasteiger partial charge in [0.1, 0.15) is 0 Å². The van der Waals surface area contributed by atoms with E-state index in [-0.39, 0.29) is 9.79 Å². The Morgan fingerprint density at radius 2 is 1.56 bits per heavy atom. The average molecular weight is 310 g/mol. The van der Waals surface area contributed by atoms with E-state index in [1.807, 2.05) is 0 Å². The van der Waals surface area contributed by atoms with Crippen molar-refractivity contribution in [2.75, 3.05) is 6.54 Å². The molecule has 0 spiro atoms. The largest absolute Gasteiger partial charge is 0.261 e. The van der Waals surface area contributed by atoms with E-state index in [1.165, 1.54) is 24.3 Å². The fraction of sp³-hybridized carbons (Fsp3) is 0.400. The molecule has 1 fully saturated rings. The monoisotopic (exact) mass is 309 g/mol. The zero-order chi connectivity index (χ0) is 13.4. The van der Waals surface area contributed by atoms with Crippen molar-refractivity contribution in [3.8, 4) is 0 Å². The van der Waals surface area contributed by atoms with Gasteiger partial charge in [-0.1, -0.05) is 0 Å². The van der Waals surface area contributed by atoms with Gasteiger partial charge in [-0.2, -0.15) is 0 Å². The van der Waals surface area contributed by atoms with Gasteiger partial charge < -0.3 is 0 Å². The molecule has 0 bridgehead atoms. The van der Waals surface area contributed by atoms with Crippen LogP contribution in [0.3, 0.4) is 0 Å². The maximum absolute atomic E-state index is 11.8. The van der Waals surface area contributed by atoms with E-state index >= 15 is 0 Å². The van der Waals surface area contributed by atoms with Crippen LogP contribution >= 0.6 is 10.7 Å². The summed E-state index contributed by atoms with van der Waals surface area (Å²) in [5.74, 6) is 0.433. The van der Waals surface area contributed by atoms with E-state index in [1.54, 1.807) is 0 Å². The molecule has 1 aliphatic carbocycles. The number of hydrogen-bond donors (Lipinski definition) is 1. The molecule has 0 amide bonds. The van der Waals surface area contributed by atoms with Crippen molar-refractivity contribution in [2.45, 2.75) is 22.6 Å². The minimum absolute atomic E-state index is 0.0345. The third-order valence-corrected chi connectivity index (χ3v) is 5.48. The highest BCUT2D eigenvalue weighted by Crippen LogP contribution is 2.28. The molecule has 0 heterocycles. The van der Waals surface area contributed by atoms with E-state index in [0.717, 1.165) is 12.8 Å². The van der Waals surface area contributed by atoms with Gasteiger partial charge in [0.25, 0.3) is 9.05 Å². The lowest BCUT2D eigenvalue weighted by Crippen LogP contribution is -2.25. The summed E-state index contributed by atoms with van der Waals surface area (Å²) in [5.41, 5.74) is 0. The average Bonchev–Trinajstić information content (AvgIpc) is 3.09. The second-order valence-corrected chi connectivity index (χ2v) is 8.54. The summed E-state index contributed by atoms with van der Waals surface area (Å²) < 4.78 is 48.2. The molecule has 8 heteroatoms. The van der Waals surface area contributed by atoms with Gasteiger partial charge in [0.05, 0.1) is 9.79 Å². The smallest absolute Gasteiger partial charge is 0.211 e. The first-order chi connectivity index (χ1) is 8.29. The summed E-state index contributed by atoms with van der Waals surface area (Å²) in [6.07, 6.45) is 2.10. The molecule has 1 aliphatic rings. The predicted molar refractivity (Wildman–Crippen MR) is 67.4 cm³/mol. The Morgan fingerprint density at radius 1 is 1.06 bits per heavy atom. The zero-order valence-electron chi connectivity index (χ0n) is 9.34. The molecule has 1 aromatic rings. The number of nitrogens with one attached hydrogen (secondary N) is 1. The van der Waals surface area contributed by atoms with Crippen molar-refractivity contribution in [1.29, 1.82) is 0 Å². The summed E-state index contributed by atoms with van der Waals surface area (Å²) in [7, 11) is -2.25. The number of benzene rings is 1. The molecule has 0 atom stereocenters. The van der Waals surface area contributed by atoms with E-state index in [0.29, 0.717) is 12.5 Å². The van der Waals surface area contributed by atoms with Crippen LogP contribution < -0.4 is 4.72 Å². The summed E-state index contributed by atoms with van der Waals surface area (Å²) in [5, 5.41) is 0. The van der Waals surface area contributed by atoms with Crippen LogP contribution in [0.4, 0.5) is 0 Å². The fourth-order valence-electron chi connectivity index (χ4n) is 1.41. The van der Waals surface area contributed by atoms with Crippen molar-refractivity contribution in [3.05, 3.63) is 24.3 Å². The van der Waals surface area contributed by atoms with Crippen LogP contribution in [0.25, 0.3) is 0 Å². The Morgan fingerprint density at radius 3 is 2.00 bits per heavy atom. The van der Waals surface area contributed by atoms with E-state index in [4.69, 9.17) is 10.7 Å². The van der Waals surface area contributed by atoms with E-state index in [9.17, 15) is 16.8 Å². The standard InChI is InChI=1S/C10H12ClNO4S2/c11-17(13,14)9-3-5-10(6-4-9)18(15,16)12-7-8-1-2-8/h3-6,8,12H,1-2,7H2. The second kappa shape index (κ2) is 4.80. The van der Waals surface area contributed by atoms with Gasteiger partial charge in [0.2, 0.25) is 10.0 Å². The van der Waals surface area contributed by atoms with E-state index in [2.05, 4.69) is 4.72 Å². The first-order valence-electron chi connectivity index (χ1n) is 5.33. The van der Waals surface area contributed by atoms with Gasteiger partial charge in [0, 0.05) is 17.2 Å². The highest BCUT2D eigenvalue weighted by molar-refractivity contribution is 8.13. The summed E-state index contributed by atoms with van der Waals surface area (Å²) in [4.78, 5) is -0.0856. The molecular formula is C10H12ClNO4S2. The van der Waals surface area contributed by atoms with Crippen LogP contribution in [0.2, 0.25) is 0 Å². The van der Waals surface area contributed by atoms with Gasteiger partial charge >= 0.3 is 0 Å². The molecule has 0 aliphatic heterocycles. The Labute approximate surface area is 111 Å². The first kappa shape index (κ1) is 13.8. The maximum Gasteiger partial charge on any atom is 0.261 e. The lowest BCUT2D eigenvalue weighted by Gasteiger charge is -2.06. The zero-order valence-corrected chi connectivity index (χ0v) is 11.7. The van der Waals surface area contributed by atoms with Crippen molar-refractivity contribution in [2.24, 2.45) is 5.92 Å². The van der Waals surface area contributed by atoms with Crippen LogP contribution in [0.15, 0.2) is 34.1 Å². The summed E-state index contributed by atoms with van der Waals surface area (Å²) in [6, 6.07) is 4.80. The number of rotatable bonds is 5. The highest BCUT2D eigenvalue weighted by Gasteiger charge is 2.24. The van der Waals surface area contributed by atoms with Crippen LogP contribution in [0.5, 0.6) is 0 Å². The molecular weight excluding hydrogens is 298 g/mol. The molecule has 1 saturated carbocycles. The van der Waals surface area contributed by atoms with Crippen LogP contribution in [-0.2, 0) is 19.1 Å². The van der Waals surface area contributed by atoms with E-state index < -0.39 is 19.1 Å². The molecule has 100 valence electrons. The molecule has 0 radical (unpaired) electrons. The fourth-order valence-corrected chi connectivity index (χ4v) is 3.30. The van der Waals surface area contributed by atoms with Gasteiger partial charge in [-0.3, -0.25) is 0 Å². The Kier molecular flexibility index (Phi) is 3.68. The number of sulfonamides is 1. The van der Waals surface area contributed by atoms with Gasteiger partial charge in [-0.15, -0.1) is 0 Å². The van der Waals surface area contributed by atoms with Crippen molar-refractivity contribution < 1.29 is 16.8 Å². The molecule has 18 heavy (non-hydrogen) atoms. The number of hydrogen-bond acceptors (Lipinski definition) is 4. The quantitative estimate of drug-likeness (QED) is 0.831. The first-order valence-corrected chi connectivity index (χ1v) is 9.13. The SMILES string of the molecule is O=S(=O)(Cl)c1ccc(S(=O)(=O)NCC2CC2)cc1. The molecule has 1 N–H and O–H groups in total. The molecule has 0 saturated heterocycles. The van der Waals surface area contributed by atoms with Gasteiger partial charge in [0.15, 0.2) is 0 Å². The molecule has 0 aromatic heterocycles. The Balaban J connectivity index is 2.17. The van der Waals surface area contributed by atoms with Crippen molar-refractivity contribution in [1.82, 2.24) is 4.72 Å². The lowest BCUT2D eigenvalue weighted by molar-refractivity contribution is 0.577. The Hall–Kier alpha value is -0.630. The van der Waals surface area contributed by atoms with Crippen LogP contribution in [-0.4, -0.2) is 23.4 Å². The minimum Gasteiger partial charge on any atom is -0.211 e. The summed E-state index contributed by atoms with van der Waals surface area (Å²) >= 11 is 0. The van der Waals surface area contributed by atoms with Crippen LogP contribution in [0, 0.1) is 5.92 Å². The summed E-state index contributed by atoms with van der Waals surface area (Å²) in [6.45, 7) is 0.428. The lowest BCUT2D eigenvalue weighted by atomic mass is 10.4. The molecule has 0 unspecified atom stereocenters. The third kappa shape index (κ3) is 3.44.